The Morgan fingerprint density at radius 3 is 2.85 bits per heavy atom. The molecule has 6 heteroatoms. The van der Waals surface area contributed by atoms with E-state index in [1.165, 1.54) is 0 Å². The lowest BCUT2D eigenvalue weighted by Gasteiger charge is -2.11. The standard InChI is InChI=1S/C14H15BrN2O3/c15-7-14-19-9-13(20-14)8-18-12-3-1-11(2-4-12)17-6-5-16-10-17/h1-6,10,13-14H,7-9H2. The normalized spacial score (nSPS) is 22.1. The van der Waals surface area contributed by atoms with Crippen LogP contribution in [0.1, 0.15) is 0 Å². The van der Waals surface area contributed by atoms with Gasteiger partial charge in [0, 0.05) is 18.1 Å². The number of halogens is 1. The van der Waals surface area contributed by atoms with Gasteiger partial charge in [0.1, 0.15) is 18.5 Å². The minimum atomic E-state index is -0.160. The van der Waals surface area contributed by atoms with E-state index < -0.39 is 0 Å². The van der Waals surface area contributed by atoms with E-state index in [0.717, 1.165) is 11.4 Å². The molecule has 20 heavy (non-hydrogen) atoms. The SMILES string of the molecule is BrCC1OCC(COc2ccc(-n3ccnc3)cc2)O1. The van der Waals surface area contributed by atoms with Gasteiger partial charge in [0.2, 0.25) is 0 Å². The van der Waals surface area contributed by atoms with E-state index in [2.05, 4.69) is 20.9 Å². The molecule has 2 atom stereocenters. The lowest BCUT2D eigenvalue weighted by Crippen LogP contribution is -2.21. The summed E-state index contributed by atoms with van der Waals surface area (Å²) in [4.78, 5) is 4.02. The van der Waals surface area contributed by atoms with Crippen molar-refractivity contribution >= 4 is 15.9 Å². The maximum Gasteiger partial charge on any atom is 0.167 e. The summed E-state index contributed by atoms with van der Waals surface area (Å²) in [6.07, 6.45) is 5.25. The molecule has 2 heterocycles. The third-order valence-electron chi connectivity index (χ3n) is 3.01. The molecule has 106 valence electrons. The molecule has 1 aliphatic heterocycles. The number of imidazole rings is 1. The highest BCUT2D eigenvalue weighted by Crippen LogP contribution is 2.18. The predicted octanol–water partition coefficient (Wildman–Crippen LogP) is 2.39. The van der Waals surface area contributed by atoms with Crippen LogP contribution in [0.3, 0.4) is 0 Å². The molecule has 1 fully saturated rings. The van der Waals surface area contributed by atoms with Crippen LogP contribution in [-0.4, -0.2) is 40.5 Å². The third-order valence-corrected chi connectivity index (χ3v) is 3.54. The summed E-state index contributed by atoms with van der Waals surface area (Å²) >= 11 is 3.33. The Morgan fingerprint density at radius 1 is 1.35 bits per heavy atom. The summed E-state index contributed by atoms with van der Waals surface area (Å²) in [6.45, 7) is 1.07. The van der Waals surface area contributed by atoms with Gasteiger partial charge >= 0.3 is 0 Å². The minimum Gasteiger partial charge on any atom is -0.491 e. The lowest BCUT2D eigenvalue weighted by molar-refractivity contribution is -0.0443. The molecule has 1 aliphatic rings. The molecule has 0 N–H and O–H groups in total. The maximum absolute atomic E-state index is 5.71. The Morgan fingerprint density at radius 2 is 2.20 bits per heavy atom. The highest BCUT2D eigenvalue weighted by atomic mass is 79.9. The maximum atomic E-state index is 5.71. The minimum absolute atomic E-state index is 0.00845. The Hall–Kier alpha value is -1.37. The molecule has 1 aromatic carbocycles. The second kappa shape index (κ2) is 6.39. The van der Waals surface area contributed by atoms with Crippen molar-refractivity contribution in [2.45, 2.75) is 12.4 Å². The van der Waals surface area contributed by atoms with E-state index in [1.54, 1.807) is 12.5 Å². The molecule has 0 saturated carbocycles. The van der Waals surface area contributed by atoms with Gasteiger partial charge in [0.05, 0.1) is 18.3 Å². The van der Waals surface area contributed by atoms with Crippen LogP contribution in [0.15, 0.2) is 43.0 Å². The van der Waals surface area contributed by atoms with Crippen LogP contribution in [0.5, 0.6) is 5.75 Å². The lowest BCUT2D eigenvalue weighted by atomic mass is 10.3. The van der Waals surface area contributed by atoms with E-state index in [4.69, 9.17) is 14.2 Å². The smallest absolute Gasteiger partial charge is 0.167 e. The molecule has 0 aliphatic carbocycles. The molecule has 1 aromatic heterocycles. The second-order valence-electron chi connectivity index (χ2n) is 4.45. The topological polar surface area (TPSA) is 45.5 Å². The van der Waals surface area contributed by atoms with Gasteiger partial charge in [0.15, 0.2) is 6.29 Å². The highest BCUT2D eigenvalue weighted by molar-refractivity contribution is 9.09. The van der Waals surface area contributed by atoms with Crippen LogP contribution in [0.4, 0.5) is 0 Å². The summed E-state index contributed by atoms with van der Waals surface area (Å²) in [5.74, 6) is 0.819. The van der Waals surface area contributed by atoms with Gasteiger partial charge in [-0.15, -0.1) is 0 Å². The molecule has 2 unspecified atom stereocenters. The van der Waals surface area contributed by atoms with Gasteiger partial charge in [-0.05, 0) is 24.3 Å². The number of aromatic nitrogens is 2. The Kier molecular flexibility index (Phi) is 4.34. The molecule has 1 saturated heterocycles. The van der Waals surface area contributed by atoms with Crippen LogP contribution >= 0.6 is 15.9 Å². The number of benzene rings is 1. The molecule has 0 spiro atoms. The largest absolute Gasteiger partial charge is 0.491 e. The first-order valence-corrected chi connectivity index (χ1v) is 7.51. The zero-order valence-electron chi connectivity index (χ0n) is 10.8. The zero-order valence-corrected chi connectivity index (χ0v) is 12.4. The van der Waals surface area contributed by atoms with Crippen molar-refractivity contribution in [3.05, 3.63) is 43.0 Å². The van der Waals surface area contributed by atoms with Gasteiger partial charge in [-0.3, -0.25) is 0 Å². The van der Waals surface area contributed by atoms with E-state index in [1.807, 2.05) is 35.0 Å². The molecule has 5 nitrogen and oxygen atoms in total. The Balaban J connectivity index is 1.54. The molecule has 2 aromatic rings. The first kappa shape index (κ1) is 13.6. The first-order valence-electron chi connectivity index (χ1n) is 6.39. The van der Waals surface area contributed by atoms with E-state index >= 15 is 0 Å². The molecular formula is C14H15BrN2O3. The van der Waals surface area contributed by atoms with Crippen molar-refractivity contribution in [2.24, 2.45) is 0 Å². The third kappa shape index (κ3) is 3.20. The van der Waals surface area contributed by atoms with Crippen molar-refractivity contribution in [2.75, 3.05) is 18.5 Å². The Labute approximate surface area is 125 Å². The van der Waals surface area contributed by atoms with Crippen molar-refractivity contribution in [1.29, 1.82) is 0 Å². The van der Waals surface area contributed by atoms with E-state index in [-0.39, 0.29) is 12.4 Å². The summed E-state index contributed by atoms with van der Waals surface area (Å²) in [7, 11) is 0. The monoisotopic (exact) mass is 338 g/mol. The van der Waals surface area contributed by atoms with Crippen LogP contribution < -0.4 is 4.74 Å². The van der Waals surface area contributed by atoms with E-state index in [0.29, 0.717) is 18.5 Å². The number of rotatable bonds is 5. The number of hydrogen-bond acceptors (Lipinski definition) is 4. The summed E-state index contributed by atoms with van der Waals surface area (Å²) < 4.78 is 18.7. The van der Waals surface area contributed by atoms with Crippen molar-refractivity contribution in [3.63, 3.8) is 0 Å². The molecule has 0 bridgehead atoms. The van der Waals surface area contributed by atoms with Crippen molar-refractivity contribution < 1.29 is 14.2 Å². The number of ether oxygens (including phenoxy) is 3. The first-order chi connectivity index (χ1) is 9.85. The fraction of sp³-hybridized carbons (Fsp3) is 0.357. The van der Waals surface area contributed by atoms with Gasteiger partial charge in [-0.25, -0.2) is 4.98 Å². The fourth-order valence-corrected chi connectivity index (χ4v) is 2.33. The molecule has 0 amide bonds. The molecule has 0 radical (unpaired) electrons. The Bertz CT molecular complexity index is 530. The number of nitrogens with zero attached hydrogens (tertiary/aromatic N) is 2. The predicted molar refractivity (Wildman–Crippen MR) is 77.5 cm³/mol. The second-order valence-corrected chi connectivity index (χ2v) is 5.10. The summed E-state index contributed by atoms with van der Waals surface area (Å²) in [6, 6.07) is 7.86. The highest BCUT2D eigenvalue weighted by Gasteiger charge is 2.25. The summed E-state index contributed by atoms with van der Waals surface area (Å²) in [5, 5.41) is 0.684. The van der Waals surface area contributed by atoms with E-state index in [9.17, 15) is 0 Å². The fourth-order valence-electron chi connectivity index (χ4n) is 1.99. The van der Waals surface area contributed by atoms with Crippen molar-refractivity contribution in [3.8, 4) is 11.4 Å². The molecule has 3 rings (SSSR count). The van der Waals surface area contributed by atoms with Gasteiger partial charge in [0.25, 0.3) is 0 Å². The number of alkyl halides is 1. The average molecular weight is 339 g/mol. The average Bonchev–Trinajstić information content (AvgIpc) is 3.17. The zero-order chi connectivity index (χ0) is 13.8. The summed E-state index contributed by atoms with van der Waals surface area (Å²) in [5.41, 5.74) is 1.05. The quantitative estimate of drug-likeness (QED) is 0.785. The van der Waals surface area contributed by atoms with Gasteiger partial charge < -0.3 is 18.8 Å². The van der Waals surface area contributed by atoms with Crippen LogP contribution in [0, 0.1) is 0 Å². The van der Waals surface area contributed by atoms with Gasteiger partial charge in [-0.1, -0.05) is 15.9 Å². The number of hydrogen-bond donors (Lipinski definition) is 0. The van der Waals surface area contributed by atoms with Crippen LogP contribution in [0.2, 0.25) is 0 Å². The van der Waals surface area contributed by atoms with Crippen LogP contribution in [0.25, 0.3) is 5.69 Å². The van der Waals surface area contributed by atoms with Crippen molar-refractivity contribution in [1.82, 2.24) is 9.55 Å². The molecular weight excluding hydrogens is 324 g/mol. The van der Waals surface area contributed by atoms with Gasteiger partial charge in [-0.2, -0.15) is 0 Å². The van der Waals surface area contributed by atoms with Crippen LogP contribution in [-0.2, 0) is 9.47 Å².